The van der Waals surface area contributed by atoms with Crippen molar-refractivity contribution < 1.29 is 39.3 Å². The number of hydrogen-bond donors (Lipinski definition) is 9. The summed E-state index contributed by atoms with van der Waals surface area (Å²) in [6, 6.07) is 1.81. The Morgan fingerprint density at radius 2 is 1.53 bits per heavy atom. The van der Waals surface area contributed by atoms with Gasteiger partial charge in [0, 0.05) is 23.5 Å². The summed E-state index contributed by atoms with van der Waals surface area (Å²) < 4.78 is 0. The fraction of sp³-hybridized carbons (Fsp3) is 0.458. The third kappa shape index (κ3) is 8.83. The summed E-state index contributed by atoms with van der Waals surface area (Å²) in [6.45, 7) is -0.524. The van der Waals surface area contributed by atoms with E-state index in [2.05, 4.69) is 20.9 Å². The highest BCUT2D eigenvalue weighted by Gasteiger charge is 2.30. The zero-order valence-corrected chi connectivity index (χ0v) is 20.7. The zero-order valence-electron chi connectivity index (χ0n) is 20.7. The second-order valence-corrected chi connectivity index (χ2v) is 8.76. The van der Waals surface area contributed by atoms with Crippen LogP contribution in [0.4, 0.5) is 0 Å². The van der Waals surface area contributed by atoms with Gasteiger partial charge in [0.05, 0.1) is 19.1 Å². The summed E-state index contributed by atoms with van der Waals surface area (Å²) in [5.74, 6) is -5.28. The molecule has 4 unspecified atom stereocenters. The zero-order chi connectivity index (χ0) is 28.2. The van der Waals surface area contributed by atoms with Crippen LogP contribution in [0.2, 0.25) is 0 Å². The van der Waals surface area contributed by atoms with E-state index in [4.69, 9.17) is 16.6 Å². The van der Waals surface area contributed by atoms with Gasteiger partial charge in [0.15, 0.2) is 0 Å². The minimum absolute atomic E-state index is 0.0225. The molecule has 0 bridgehead atoms. The number of hydrogen-bond acceptors (Lipinski definition) is 8. The summed E-state index contributed by atoms with van der Waals surface area (Å²) in [4.78, 5) is 63.7. The molecule has 11 N–H and O–H groups in total. The Morgan fingerprint density at radius 3 is 2.16 bits per heavy atom. The molecule has 0 aliphatic rings. The number of amides is 3. The maximum absolute atomic E-state index is 13.1. The lowest BCUT2D eigenvalue weighted by Crippen LogP contribution is -2.58. The van der Waals surface area contributed by atoms with E-state index in [1.165, 1.54) is 0 Å². The number of nitrogens with two attached hydrogens (primary N) is 2. The van der Waals surface area contributed by atoms with Crippen LogP contribution in [0.3, 0.4) is 0 Å². The van der Waals surface area contributed by atoms with Crippen molar-refractivity contribution in [2.45, 2.75) is 56.3 Å². The Bertz CT molecular complexity index is 1140. The molecule has 0 fully saturated rings. The molecule has 0 aliphatic heterocycles. The standard InChI is InChI=1S/C24H34N6O8/c25-8-4-3-7-17(28-23(36)19(12-31)30-21(34)15(26)10-20(32)33)22(35)29-18(24(37)38)9-13-11-27-16-6-2-1-5-14(13)16/h1-2,5-6,11,15,17-19,27,31H,3-4,7-10,12,25-26H2,(H,28,36)(H,29,35)(H,30,34)(H,32,33)(H,37,38). The lowest BCUT2D eigenvalue weighted by molar-refractivity contribution is -0.142. The average Bonchev–Trinajstić information content (AvgIpc) is 3.28. The van der Waals surface area contributed by atoms with Gasteiger partial charge in [-0.25, -0.2) is 4.79 Å². The average molecular weight is 535 g/mol. The lowest BCUT2D eigenvalue weighted by atomic mass is 10.0. The van der Waals surface area contributed by atoms with Crippen LogP contribution in [0.15, 0.2) is 30.5 Å². The van der Waals surface area contributed by atoms with E-state index in [0.29, 0.717) is 24.9 Å². The molecule has 4 atom stereocenters. The first-order valence-electron chi connectivity index (χ1n) is 12.0. The Labute approximate surface area is 218 Å². The number of aliphatic carboxylic acids is 2. The van der Waals surface area contributed by atoms with Gasteiger partial charge in [0.1, 0.15) is 18.1 Å². The maximum atomic E-state index is 13.1. The Hall–Kier alpha value is -4.01. The Morgan fingerprint density at radius 1 is 0.895 bits per heavy atom. The third-order valence-electron chi connectivity index (χ3n) is 5.84. The molecule has 1 aromatic carbocycles. The van der Waals surface area contributed by atoms with Crippen molar-refractivity contribution in [3.63, 3.8) is 0 Å². The first kappa shape index (κ1) is 30.2. The van der Waals surface area contributed by atoms with Crippen LogP contribution in [0, 0.1) is 0 Å². The van der Waals surface area contributed by atoms with Gasteiger partial charge in [-0.1, -0.05) is 18.2 Å². The van der Waals surface area contributed by atoms with Crippen molar-refractivity contribution in [3.05, 3.63) is 36.0 Å². The van der Waals surface area contributed by atoms with Crippen LogP contribution in [0.25, 0.3) is 10.9 Å². The van der Waals surface area contributed by atoms with Crippen LogP contribution in [0.1, 0.15) is 31.2 Å². The number of carbonyl (C=O) groups excluding carboxylic acids is 3. The summed E-state index contributed by atoms with van der Waals surface area (Å²) in [7, 11) is 0. The smallest absolute Gasteiger partial charge is 0.326 e. The monoisotopic (exact) mass is 534 g/mol. The van der Waals surface area contributed by atoms with E-state index in [9.17, 15) is 34.2 Å². The van der Waals surface area contributed by atoms with Crippen LogP contribution in [-0.2, 0) is 30.4 Å². The predicted octanol–water partition coefficient (Wildman–Crippen LogP) is -1.83. The molecule has 0 saturated heterocycles. The number of carboxylic acid groups (broad SMARTS) is 2. The van der Waals surface area contributed by atoms with Gasteiger partial charge in [0.25, 0.3) is 0 Å². The van der Waals surface area contributed by atoms with E-state index in [1.54, 1.807) is 6.20 Å². The molecule has 2 aromatic rings. The van der Waals surface area contributed by atoms with Crippen LogP contribution >= 0.6 is 0 Å². The molecule has 0 radical (unpaired) electrons. The second-order valence-electron chi connectivity index (χ2n) is 8.76. The van der Waals surface area contributed by atoms with Gasteiger partial charge in [0.2, 0.25) is 17.7 Å². The van der Waals surface area contributed by atoms with E-state index in [1.807, 2.05) is 24.3 Å². The molecule has 208 valence electrons. The van der Waals surface area contributed by atoms with Crippen molar-refractivity contribution >= 4 is 40.6 Å². The number of fused-ring (bicyclic) bond motifs is 1. The number of carbonyl (C=O) groups is 5. The highest BCUT2D eigenvalue weighted by Crippen LogP contribution is 2.19. The minimum atomic E-state index is -1.52. The summed E-state index contributed by atoms with van der Waals surface area (Å²) in [5, 5.41) is 36.0. The number of carboxylic acids is 2. The second kappa shape index (κ2) is 14.7. The maximum Gasteiger partial charge on any atom is 0.326 e. The Balaban J connectivity index is 2.12. The number of unbranched alkanes of at least 4 members (excludes halogenated alkanes) is 1. The van der Waals surface area contributed by atoms with Crippen molar-refractivity contribution in [2.24, 2.45) is 11.5 Å². The van der Waals surface area contributed by atoms with Crippen molar-refractivity contribution in [2.75, 3.05) is 13.2 Å². The SMILES string of the molecule is NCCCCC(NC(=O)C(CO)NC(=O)C(N)CC(=O)O)C(=O)NC(Cc1c[nH]c2ccccc12)C(=O)O. The lowest BCUT2D eigenvalue weighted by Gasteiger charge is -2.24. The van der Waals surface area contributed by atoms with Crippen LogP contribution in [-0.4, -0.2) is 87.3 Å². The number of para-hydroxylation sites is 1. The molecule has 0 spiro atoms. The number of benzene rings is 1. The fourth-order valence-corrected chi connectivity index (χ4v) is 3.78. The molecular weight excluding hydrogens is 500 g/mol. The minimum Gasteiger partial charge on any atom is -0.481 e. The van der Waals surface area contributed by atoms with Crippen molar-refractivity contribution in [1.29, 1.82) is 0 Å². The summed E-state index contributed by atoms with van der Waals surface area (Å²) >= 11 is 0. The number of H-pyrrole nitrogens is 1. The molecule has 38 heavy (non-hydrogen) atoms. The molecule has 0 aliphatic carbocycles. The van der Waals surface area contributed by atoms with Crippen molar-refractivity contribution in [3.8, 4) is 0 Å². The first-order valence-corrected chi connectivity index (χ1v) is 12.0. The highest BCUT2D eigenvalue weighted by molar-refractivity contribution is 5.95. The van der Waals surface area contributed by atoms with Gasteiger partial charge in [-0.3, -0.25) is 19.2 Å². The van der Waals surface area contributed by atoms with Gasteiger partial charge in [-0.15, -0.1) is 0 Å². The quantitative estimate of drug-likeness (QED) is 0.109. The molecule has 0 saturated carbocycles. The van der Waals surface area contributed by atoms with Gasteiger partial charge in [-0.2, -0.15) is 0 Å². The third-order valence-corrected chi connectivity index (χ3v) is 5.84. The Kier molecular flexibility index (Phi) is 11.7. The number of nitrogens with one attached hydrogen (secondary N) is 4. The number of aromatic amines is 1. The van der Waals surface area contributed by atoms with E-state index in [-0.39, 0.29) is 12.8 Å². The number of aromatic nitrogens is 1. The molecular formula is C24H34N6O8. The molecule has 1 aromatic heterocycles. The molecule has 3 amide bonds. The normalized spacial score (nSPS) is 14.2. The number of rotatable bonds is 16. The van der Waals surface area contributed by atoms with Crippen molar-refractivity contribution in [1.82, 2.24) is 20.9 Å². The molecule has 2 rings (SSSR count). The van der Waals surface area contributed by atoms with Crippen LogP contribution in [0.5, 0.6) is 0 Å². The number of aliphatic hydroxyl groups is 1. The summed E-state index contributed by atoms with van der Waals surface area (Å²) in [6.07, 6.45) is 2.01. The summed E-state index contributed by atoms with van der Waals surface area (Å²) in [5.41, 5.74) is 12.5. The van der Waals surface area contributed by atoms with Gasteiger partial charge in [-0.05, 0) is 37.4 Å². The van der Waals surface area contributed by atoms with Gasteiger partial charge >= 0.3 is 11.9 Å². The predicted molar refractivity (Wildman–Crippen MR) is 136 cm³/mol. The van der Waals surface area contributed by atoms with Gasteiger partial charge < -0.3 is 47.7 Å². The molecule has 14 nitrogen and oxygen atoms in total. The number of aliphatic hydroxyl groups excluding tert-OH is 1. The molecule has 14 heteroatoms. The largest absolute Gasteiger partial charge is 0.481 e. The topological polar surface area (TPSA) is 250 Å². The van der Waals surface area contributed by atoms with Crippen LogP contribution < -0.4 is 27.4 Å². The van der Waals surface area contributed by atoms with E-state index >= 15 is 0 Å². The highest BCUT2D eigenvalue weighted by atomic mass is 16.4. The van der Waals surface area contributed by atoms with E-state index in [0.717, 1.165) is 10.9 Å². The first-order chi connectivity index (χ1) is 18.1. The molecule has 1 heterocycles. The van der Waals surface area contributed by atoms with E-state index < -0.39 is 66.9 Å². The fourth-order valence-electron chi connectivity index (χ4n) is 3.78.